The van der Waals surface area contributed by atoms with Crippen LogP contribution in [0.1, 0.15) is 5.56 Å². The molecule has 0 radical (unpaired) electrons. The number of rotatable bonds is 5. The van der Waals surface area contributed by atoms with Gasteiger partial charge < -0.3 is 20.3 Å². The van der Waals surface area contributed by atoms with Crippen molar-refractivity contribution in [3.05, 3.63) is 29.8 Å². The number of methoxy groups -OCH3 is 1. The minimum Gasteiger partial charge on any atom is -0.497 e. The first-order chi connectivity index (χ1) is 10.1. The smallest absolute Gasteiger partial charge is 0.227 e. The molecule has 1 aromatic rings. The van der Waals surface area contributed by atoms with Crippen LogP contribution in [0.25, 0.3) is 0 Å². The summed E-state index contributed by atoms with van der Waals surface area (Å²) in [4.78, 5) is 16.8. The molecule has 1 heterocycles. The fourth-order valence-corrected chi connectivity index (χ4v) is 2.64. The van der Waals surface area contributed by atoms with Crippen LogP contribution in [-0.4, -0.2) is 62.6 Å². The van der Waals surface area contributed by atoms with E-state index in [0.717, 1.165) is 37.5 Å². The first kappa shape index (κ1) is 15.8. The lowest BCUT2D eigenvalue weighted by molar-refractivity contribution is -0.136. The van der Waals surface area contributed by atoms with Crippen molar-refractivity contribution in [1.82, 2.24) is 9.80 Å². The molecule has 5 nitrogen and oxygen atoms in total. The molecule has 1 saturated heterocycles. The first-order valence-electron chi connectivity index (χ1n) is 7.44. The van der Waals surface area contributed by atoms with Crippen molar-refractivity contribution in [1.29, 1.82) is 0 Å². The van der Waals surface area contributed by atoms with E-state index in [-0.39, 0.29) is 11.8 Å². The Morgan fingerprint density at radius 1 is 1.33 bits per heavy atom. The average Bonchev–Trinajstić information content (AvgIpc) is 2.53. The summed E-state index contributed by atoms with van der Waals surface area (Å²) in [6.45, 7) is 3.83. The summed E-state index contributed by atoms with van der Waals surface area (Å²) in [7, 11) is 3.73. The fourth-order valence-electron chi connectivity index (χ4n) is 2.64. The Labute approximate surface area is 126 Å². The number of nitrogens with two attached hydrogens (primary N) is 1. The van der Waals surface area contributed by atoms with Crippen LogP contribution in [-0.2, 0) is 11.2 Å². The number of hydrogen-bond donors (Lipinski definition) is 1. The zero-order valence-corrected chi connectivity index (χ0v) is 12.9. The van der Waals surface area contributed by atoms with Gasteiger partial charge in [0.05, 0.1) is 13.0 Å². The minimum absolute atomic E-state index is 0.152. The van der Waals surface area contributed by atoms with Gasteiger partial charge in [0.25, 0.3) is 0 Å². The predicted molar refractivity (Wildman–Crippen MR) is 83.3 cm³/mol. The van der Waals surface area contributed by atoms with E-state index in [0.29, 0.717) is 13.0 Å². The average molecular weight is 291 g/mol. The SMILES string of the molecule is COc1cccc(CC(CN)C(=O)N2CCN(C)CC2)c1. The Balaban J connectivity index is 2.00. The molecule has 0 aromatic heterocycles. The molecule has 0 saturated carbocycles. The van der Waals surface area contributed by atoms with Gasteiger partial charge in [0.15, 0.2) is 0 Å². The van der Waals surface area contributed by atoms with Crippen LogP contribution in [0, 0.1) is 5.92 Å². The van der Waals surface area contributed by atoms with Crippen molar-refractivity contribution in [2.45, 2.75) is 6.42 Å². The van der Waals surface area contributed by atoms with Gasteiger partial charge >= 0.3 is 0 Å². The maximum atomic E-state index is 12.6. The molecule has 1 unspecified atom stereocenters. The van der Waals surface area contributed by atoms with Crippen LogP contribution in [0.4, 0.5) is 0 Å². The van der Waals surface area contributed by atoms with Crippen molar-refractivity contribution in [3.8, 4) is 5.75 Å². The summed E-state index contributed by atoms with van der Waals surface area (Å²) in [5.41, 5.74) is 6.93. The standard InChI is InChI=1S/C16H25N3O2/c1-18-6-8-19(9-7-18)16(20)14(12-17)10-13-4-3-5-15(11-13)21-2/h3-5,11,14H,6-10,12,17H2,1-2H3. The summed E-state index contributed by atoms with van der Waals surface area (Å²) < 4.78 is 5.23. The predicted octanol–water partition coefficient (Wildman–Crippen LogP) is 0.587. The molecule has 1 aliphatic rings. The Morgan fingerprint density at radius 3 is 2.67 bits per heavy atom. The van der Waals surface area contributed by atoms with Gasteiger partial charge in [-0.25, -0.2) is 0 Å². The molecule has 1 aromatic carbocycles. The van der Waals surface area contributed by atoms with Gasteiger partial charge in [0.1, 0.15) is 5.75 Å². The number of nitrogens with zero attached hydrogens (tertiary/aromatic N) is 2. The van der Waals surface area contributed by atoms with Gasteiger partial charge in [-0.1, -0.05) is 12.1 Å². The maximum Gasteiger partial charge on any atom is 0.227 e. The van der Waals surface area contributed by atoms with Crippen molar-refractivity contribution >= 4 is 5.91 Å². The summed E-state index contributed by atoms with van der Waals surface area (Å²) in [6, 6.07) is 7.84. The highest BCUT2D eigenvalue weighted by Crippen LogP contribution is 2.17. The van der Waals surface area contributed by atoms with Crippen LogP contribution in [0.2, 0.25) is 0 Å². The molecule has 1 fully saturated rings. The molecule has 0 bridgehead atoms. The molecular weight excluding hydrogens is 266 g/mol. The van der Waals surface area contributed by atoms with Crippen LogP contribution in [0.3, 0.4) is 0 Å². The van der Waals surface area contributed by atoms with E-state index in [4.69, 9.17) is 10.5 Å². The van der Waals surface area contributed by atoms with E-state index in [9.17, 15) is 4.79 Å². The molecule has 5 heteroatoms. The summed E-state index contributed by atoms with van der Waals surface area (Å²) in [6.07, 6.45) is 0.666. The highest BCUT2D eigenvalue weighted by molar-refractivity contribution is 5.79. The third-order valence-electron chi connectivity index (χ3n) is 4.06. The maximum absolute atomic E-state index is 12.6. The zero-order chi connectivity index (χ0) is 15.2. The molecule has 1 amide bonds. The Bertz CT molecular complexity index is 470. The van der Waals surface area contributed by atoms with Crippen LogP contribution >= 0.6 is 0 Å². The highest BCUT2D eigenvalue weighted by atomic mass is 16.5. The van der Waals surface area contributed by atoms with Crippen molar-refractivity contribution in [2.75, 3.05) is 46.9 Å². The summed E-state index contributed by atoms with van der Waals surface area (Å²) in [5.74, 6) is 0.837. The highest BCUT2D eigenvalue weighted by Gasteiger charge is 2.25. The van der Waals surface area contributed by atoms with E-state index < -0.39 is 0 Å². The van der Waals surface area contributed by atoms with Crippen molar-refractivity contribution in [3.63, 3.8) is 0 Å². The monoisotopic (exact) mass is 291 g/mol. The molecule has 2 rings (SSSR count). The number of likely N-dealkylation sites (N-methyl/N-ethyl adjacent to an activating group) is 1. The Hall–Kier alpha value is -1.59. The largest absolute Gasteiger partial charge is 0.497 e. The molecule has 1 aliphatic heterocycles. The quantitative estimate of drug-likeness (QED) is 0.862. The van der Waals surface area contributed by atoms with E-state index in [1.165, 1.54) is 0 Å². The summed E-state index contributed by atoms with van der Waals surface area (Å²) in [5, 5.41) is 0. The second-order valence-electron chi connectivity index (χ2n) is 5.62. The van der Waals surface area contributed by atoms with Gasteiger partial charge in [-0.3, -0.25) is 4.79 Å². The van der Waals surface area contributed by atoms with Crippen LogP contribution in [0.15, 0.2) is 24.3 Å². The third-order valence-corrected chi connectivity index (χ3v) is 4.06. The third kappa shape index (κ3) is 4.19. The van der Waals surface area contributed by atoms with Crippen molar-refractivity contribution < 1.29 is 9.53 Å². The van der Waals surface area contributed by atoms with Gasteiger partial charge in [0.2, 0.25) is 5.91 Å². The van der Waals surface area contributed by atoms with E-state index in [1.807, 2.05) is 29.2 Å². The molecule has 2 N–H and O–H groups in total. The number of piperazine rings is 1. The number of amides is 1. The van der Waals surface area contributed by atoms with E-state index in [2.05, 4.69) is 11.9 Å². The van der Waals surface area contributed by atoms with Gasteiger partial charge in [-0.2, -0.15) is 0 Å². The van der Waals surface area contributed by atoms with Crippen molar-refractivity contribution in [2.24, 2.45) is 11.7 Å². The lowest BCUT2D eigenvalue weighted by Crippen LogP contribution is -2.50. The second-order valence-corrected chi connectivity index (χ2v) is 5.62. The zero-order valence-electron chi connectivity index (χ0n) is 12.9. The van der Waals surface area contributed by atoms with Crippen LogP contribution in [0.5, 0.6) is 5.75 Å². The topological polar surface area (TPSA) is 58.8 Å². The van der Waals surface area contributed by atoms with E-state index in [1.54, 1.807) is 7.11 Å². The Kier molecular flexibility index (Phi) is 5.59. The number of ether oxygens (including phenoxy) is 1. The van der Waals surface area contributed by atoms with E-state index >= 15 is 0 Å². The molecule has 0 spiro atoms. The summed E-state index contributed by atoms with van der Waals surface area (Å²) >= 11 is 0. The van der Waals surface area contributed by atoms with Gasteiger partial charge in [-0.05, 0) is 31.2 Å². The number of carbonyl (C=O) groups is 1. The molecule has 1 atom stereocenters. The molecule has 21 heavy (non-hydrogen) atoms. The van der Waals surface area contributed by atoms with Gasteiger partial charge in [-0.15, -0.1) is 0 Å². The number of hydrogen-bond acceptors (Lipinski definition) is 4. The molecule has 116 valence electrons. The number of carbonyl (C=O) groups excluding carboxylic acids is 1. The fraction of sp³-hybridized carbons (Fsp3) is 0.562. The lowest BCUT2D eigenvalue weighted by atomic mass is 9.97. The minimum atomic E-state index is -0.152. The van der Waals surface area contributed by atoms with Gasteiger partial charge in [0, 0.05) is 32.7 Å². The lowest BCUT2D eigenvalue weighted by Gasteiger charge is -2.34. The first-order valence-corrected chi connectivity index (χ1v) is 7.44. The van der Waals surface area contributed by atoms with Crippen LogP contribution < -0.4 is 10.5 Å². The number of benzene rings is 1. The molecule has 0 aliphatic carbocycles. The Morgan fingerprint density at radius 2 is 2.05 bits per heavy atom. The second kappa shape index (κ2) is 7.43. The normalized spacial score (nSPS) is 17.6. The molecular formula is C16H25N3O2.